The van der Waals surface area contributed by atoms with Gasteiger partial charge in [0, 0.05) is 26.5 Å². The summed E-state index contributed by atoms with van der Waals surface area (Å²) in [6.07, 6.45) is -0.602. The number of nitrogens with zero attached hydrogens (tertiary/aromatic N) is 1. The number of anilines is 3. The topological polar surface area (TPSA) is 75.3 Å². The van der Waals surface area contributed by atoms with Crippen LogP contribution in [-0.4, -0.2) is 11.1 Å². The van der Waals surface area contributed by atoms with E-state index in [4.69, 9.17) is 32.9 Å². The van der Waals surface area contributed by atoms with Crippen molar-refractivity contribution in [2.24, 2.45) is 0 Å². The molecule has 0 aliphatic rings. The van der Waals surface area contributed by atoms with Gasteiger partial charge in [-0.3, -0.25) is 10.7 Å². The predicted molar refractivity (Wildman–Crippen MR) is 153 cm³/mol. The van der Waals surface area contributed by atoms with E-state index in [0.29, 0.717) is 15.7 Å². The highest BCUT2D eigenvalue weighted by molar-refractivity contribution is 6.35. The fourth-order valence-electron chi connectivity index (χ4n) is 4.13. The highest BCUT2D eigenvalue weighted by Gasteiger charge is 2.12. The lowest BCUT2D eigenvalue weighted by atomic mass is 10.0. The molecule has 5 aromatic rings. The van der Waals surface area contributed by atoms with Gasteiger partial charge in [0.2, 0.25) is 0 Å². The third-order valence-corrected chi connectivity index (χ3v) is 6.55. The first-order chi connectivity index (χ1) is 17.9. The molecular formula is C29H24Cl2N4O2. The van der Waals surface area contributed by atoms with E-state index in [0.717, 1.165) is 44.3 Å². The Morgan fingerprint density at radius 1 is 0.838 bits per heavy atom. The number of fused-ring (bicyclic) bond motifs is 2. The van der Waals surface area contributed by atoms with Gasteiger partial charge in [-0.2, -0.15) is 0 Å². The first-order valence-electron chi connectivity index (χ1n) is 11.7. The van der Waals surface area contributed by atoms with Crippen molar-refractivity contribution < 1.29 is 9.53 Å². The molecule has 0 radical (unpaired) electrons. The van der Waals surface area contributed by atoms with Crippen LogP contribution < -0.4 is 16.2 Å². The zero-order valence-electron chi connectivity index (χ0n) is 20.2. The van der Waals surface area contributed by atoms with Crippen molar-refractivity contribution in [2.45, 2.75) is 20.5 Å². The molecule has 0 aliphatic carbocycles. The van der Waals surface area contributed by atoms with Crippen LogP contribution in [0, 0.1) is 13.8 Å². The van der Waals surface area contributed by atoms with Crippen molar-refractivity contribution in [3.8, 4) is 0 Å². The Balaban J connectivity index is 1.31. The number of aromatic nitrogens is 1. The van der Waals surface area contributed by atoms with Crippen LogP contribution in [0.25, 0.3) is 21.8 Å². The second-order valence-electron chi connectivity index (χ2n) is 8.72. The summed E-state index contributed by atoms with van der Waals surface area (Å²) in [5.74, 6) is 0. The zero-order chi connectivity index (χ0) is 25.9. The quantitative estimate of drug-likeness (QED) is 0.151. The number of para-hydroxylation sites is 1. The molecule has 1 amide bonds. The summed E-state index contributed by atoms with van der Waals surface area (Å²) in [7, 11) is 0. The summed E-state index contributed by atoms with van der Waals surface area (Å²) < 4.78 is 5.38. The molecule has 1 aromatic heterocycles. The van der Waals surface area contributed by atoms with Gasteiger partial charge in [0.25, 0.3) is 0 Å². The van der Waals surface area contributed by atoms with Crippen LogP contribution in [0.2, 0.25) is 10.0 Å². The van der Waals surface area contributed by atoms with Gasteiger partial charge in [-0.05, 0) is 66.9 Å². The Morgan fingerprint density at radius 3 is 2.43 bits per heavy atom. The molecular weight excluding hydrogens is 507 g/mol. The summed E-state index contributed by atoms with van der Waals surface area (Å²) in [6, 6.07) is 24.7. The maximum absolute atomic E-state index is 12.3. The Labute approximate surface area is 224 Å². The predicted octanol–water partition coefficient (Wildman–Crippen LogP) is 8.50. The lowest BCUT2D eigenvalue weighted by Gasteiger charge is -2.17. The molecule has 0 unspecified atom stereocenters. The van der Waals surface area contributed by atoms with Gasteiger partial charge in [0.1, 0.15) is 6.61 Å². The number of nitrogens with one attached hydrogen (secondary N) is 3. The zero-order valence-corrected chi connectivity index (χ0v) is 21.7. The van der Waals surface area contributed by atoms with Gasteiger partial charge < -0.3 is 10.2 Å². The Kier molecular flexibility index (Phi) is 7.04. The van der Waals surface area contributed by atoms with E-state index < -0.39 is 6.09 Å². The number of rotatable bonds is 6. The van der Waals surface area contributed by atoms with Gasteiger partial charge in [-0.15, -0.1) is 0 Å². The smallest absolute Gasteiger partial charge is 0.411 e. The molecule has 186 valence electrons. The van der Waals surface area contributed by atoms with Gasteiger partial charge in [0.05, 0.1) is 22.4 Å². The van der Waals surface area contributed by atoms with E-state index in [2.05, 4.69) is 48.2 Å². The monoisotopic (exact) mass is 530 g/mol. The Morgan fingerprint density at radius 2 is 1.62 bits per heavy atom. The van der Waals surface area contributed by atoms with E-state index in [1.807, 2.05) is 42.5 Å². The van der Waals surface area contributed by atoms with E-state index >= 15 is 0 Å². The van der Waals surface area contributed by atoms with Crippen LogP contribution >= 0.6 is 23.2 Å². The van der Waals surface area contributed by atoms with E-state index in [9.17, 15) is 4.79 Å². The highest BCUT2D eigenvalue weighted by Crippen LogP contribution is 2.33. The average molecular weight is 531 g/mol. The Hall–Kier alpha value is -4.00. The highest BCUT2D eigenvalue weighted by atomic mass is 35.5. The molecule has 4 aromatic carbocycles. The van der Waals surface area contributed by atoms with Gasteiger partial charge in [-0.1, -0.05) is 65.7 Å². The molecule has 0 atom stereocenters. The number of hydrogen-bond donors (Lipinski definition) is 3. The minimum atomic E-state index is -0.602. The molecule has 5 rings (SSSR count). The number of pyridine rings is 1. The van der Waals surface area contributed by atoms with Gasteiger partial charge in [-0.25, -0.2) is 9.78 Å². The maximum Gasteiger partial charge on any atom is 0.411 e. The number of hydrazine groups is 1. The molecule has 8 heteroatoms. The molecule has 0 bridgehead atoms. The van der Waals surface area contributed by atoms with Gasteiger partial charge >= 0.3 is 6.09 Å². The average Bonchev–Trinajstić information content (AvgIpc) is 2.87. The summed E-state index contributed by atoms with van der Waals surface area (Å²) in [4.78, 5) is 17.2. The van der Waals surface area contributed by atoms with Crippen molar-refractivity contribution in [1.82, 2.24) is 4.98 Å². The number of halogens is 2. The van der Waals surface area contributed by atoms with E-state index in [-0.39, 0.29) is 6.61 Å². The van der Waals surface area contributed by atoms with Crippen LogP contribution in [0.4, 0.5) is 21.9 Å². The number of amides is 1. The molecule has 3 N–H and O–H groups in total. The Bertz CT molecular complexity index is 1620. The van der Waals surface area contributed by atoms with Crippen LogP contribution in [0.3, 0.4) is 0 Å². The van der Waals surface area contributed by atoms with Crippen LogP contribution in [0.1, 0.15) is 16.7 Å². The second kappa shape index (κ2) is 10.5. The van der Waals surface area contributed by atoms with Crippen molar-refractivity contribution in [2.75, 3.05) is 16.2 Å². The van der Waals surface area contributed by atoms with Crippen molar-refractivity contribution in [3.05, 3.63) is 106 Å². The second-order valence-corrected chi connectivity index (χ2v) is 9.59. The minimum Gasteiger partial charge on any atom is -0.444 e. The third kappa shape index (κ3) is 5.56. The molecule has 0 spiro atoms. The summed E-state index contributed by atoms with van der Waals surface area (Å²) in [5.41, 5.74) is 14.0. The summed E-state index contributed by atoms with van der Waals surface area (Å²) >= 11 is 12.0. The molecule has 0 fully saturated rings. The summed E-state index contributed by atoms with van der Waals surface area (Å²) in [6.45, 7) is 4.28. The molecule has 0 saturated heterocycles. The number of hydrogen-bond acceptors (Lipinski definition) is 5. The normalized spacial score (nSPS) is 10.9. The number of benzene rings is 4. The molecule has 0 aliphatic heterocycles. The molecule has 0 saturated carbocycles. The van der Waals surface area contributed by atoms with Crippen molar-refractivity contribution in [3.63, 3.8) is 0 Å². The fourth-order valence-corrected chi connectivity index (χ4v) is 4.66. The minimum absolute atomic E-state index is 0.0925. The lowest BCUT2D eigenvalue weighted by molar-refractivity contribution is 0.155. The first kappa shape index (κ1) is 24.7. The van der Waals surface area contributed by atoms with Crippen LogP contribution in [0.15, 0.2) is 78.9 Å². The summed E-state index contributed by atoms with van der Waals surface area (Å²) in [5, 5.41) is 5.53. The third-order valence-electron chi connectivity index (χ3n) is 6.11. The molecule has 1 heterocycles. The maximum atomic E-state index is 12.3. The van der Waals surface area contributed by atoms with E-state index in [1.165, 1.54) is 5.56 Å². The van der Waals surface area contributed by atoms with Crippen molar-refractivity contribution >= 4 is 68.2 Å². The standard InChI is InChI=1S/C29H24Cl2N4O2/c1-17-10-11-25-27(18(17)2)33-26-9-4-3-8-24(26)28(25)35-34-22-7-5-6-19(12-22)16-37-29(36)32-23-14-20(30)13-21(31)15-23/h3-15,34H,16H2,1-2H3,(H,32,36)(H,33,35). The SMILES string of the molecule is Cc1ccc2c(NNc3cccc(COC(=O)Nc4cc(Cl)cc(Cl)c4)c3)c3ccccc3nc2c1C. The number of carbonyl (C=O) groups excluding carboxylic acids is 1. The number of carbonyl (C=O) groups is 1. The van der Waals surface area contributed by atoms with Crippen LogP contribution in [0.5, 0.6) is 0 Å². The van der Waals surface area contributed by atoms with Crippen molar-refractivity contribution in [1.29, 1.82) is 0 Å². The fraction of sp³-hybridized carbons (Fsp3) is 0.103. The largest absolute Gasteiger partial charge is 0.444 e. The van der Waals surface area contributed by atoms with E-state index in [1.54, 1.807) is 18.2 Å². The molecule has 37 heavy (non-hydrogen) atoms. The number of aryl methyl sites for hydroxylation is 2. The lowest BCUT2D eigenvalue weighted by Crippen LogP contribution is -2.14. The first-order valence-corrected chi connectivity index (χ1v) is 12.4. The number of ether oxygens (including phenoxy) is 1. The van der Waals surface area contributed by atoms with Crippen LogP contribution in [-0.2, 0) is 11.3 Å². The van der Waals surface area contributed by atoms with Gasteiger partial charge in [0.15, 0.2) is 0 Å². The molecule has 6 nitrogen and oxygen atoms in total.